The lowest BCUT2D eigenvalue weighted by Crippen LogP contribution is -2.60. The van der Waals surface area contributed by atoms with Crippen LogP contribution in [0.4, 0.5) is 13.2 Å². The maximum Gasteiger partial charge on any atom is 0.394 e. The topological polar surface area (TPSA) is 69.6 Å². The van der Waals surface area contributed by atoms with Gasteiger partial charge in [-0.2, -0.15) is 13.2 Å². The second-order valence-corrected chi connectivity index (χ2v) is 14.6. The summed E-state index contributed by atoms with van der Waals surface area (Å²) in [5, 5.41) is 11.6. The Labute approximate surface area is 240 Å². The van der Waals surface area contributed by atoms with Crippen molar-refractivity contribution in [3.8, 4) is 5.88 Å². The van der Waals surface area contributed by atoms with E-state index in [4.69, 9.17) is 4.74 Å². The minimum absolute atomic E-state index is 0.00125. The number of nitrogens with zero attached hydrogens (tertiary/aromatic N) is 4. The van der Waals surface area contributed by atoms with Crippen molar-refractivity contribution in [2.45, 2.75) is 107 Å². The fraction of sp³-hybridized carbons (Fsp3) is 0.893. The third kappa shape index (κ3) is 5.90. The van der Waals surface area contributed by atoms with Gasteiger partial charge in [-0.05, 0) is 78.1 Å². The molecule has 12 heteroatoms. The van der Waals surface area contributed by atoms with Crippen molar-refractivity contribution in [1.29, 1.82) is 0 Å². The fourth-order valence-corrected chi connectivity index (χ4v) is 8.54. The summed E-state index contributed by atoms with van der Waals surface area (Å²) in [6.45, 7) is 11.3. The molecule has 5 fully saturated rings. The SMILES string of the molecule is CC1C2CNN1CCCC1CN(C3NC(n4ccc(OCCC5(C(F)(F)F)CC5)n4)CCC3CNS2)C(C)(C)C1. The van der Waals surface area contributed by atoms with Crippen LogP contribution in [-0.4, -0.2) is 81.6 Å². The van der Waals surface area contributed by atoms with Gasteiger partial charge in [-0.15, -0.1) is 5.10 Å². The summed E-state index contributed by atoms with van der Waals surface area (Å²) in [5.41, 5.74) is 2.19. The summed E-state index contributed by atoms with van der Waals surface area (Å²) in [5.74, 6) is 1.56. The van der Waals surface area contributed by atoms with Gasteiger partial charge in [0.15, 0.2) is 0 Å². The Kier molecular flexibility index (Phi) is 8.15. The van der Waals surface area contributed by atoms with E-state index < -0.39 is 11.6 Å². The van der Waals surface area contributed by atoms with E-state index in [1.54, 1.807) is 6.07 Å². The van der Waals surface area contributed by atoms with Crippen LogP contribution in [0, 0.1) is 17.3 Å². The molecular weight excluding hydrogens is 539 g/mol. The number of rotatable bonds is 5. The first-order chi connectivity index (χ1) is 19.0. The number of hydrogen-bond donors (Lipinski definition) is 3. The second-order valence-electron chi connectivity index (χ2n) is 13.5. The van der Waals surface area contributed by atoms with E-state index in [9.17, 15) is 13.2 Å². The molecule has 3 N–H and O–H groups in total. The largest absolute Gasteiger partial charge is 0.477 e. The molecule has 1 aromatic rings. The standard InChI is InChI=1S/C28H46F3N7OS/c1-19-22-17-32-37(19)12-4-5-20-15-26(2,3)36(18-20)25-21(16-33-40-22)6-7-23(34-25)38-13-8-24(35-38)39-14-11-27(9-10-27)28(29,30)31/h8,13,19-23,25,32-34H,4-7,9-12,14-18H2,1-3H3. The Morgan fingerprint density at radius 3 is 2.77 bits per heavy atom. The first-order valence-corrected chi connectivity index (χ1v) is 16.1. The smallest absolute Gasteiger partial charge is 0.394 e. The van der Waals surface area contributed by atoms with Crippen LogP contribution < -0.4 is 20.2 Å². The van der Waals surface area contributed by atoms with Gasteiger partial charge in [0.1, 0.15) is 6.17 Å². The highest BCUT2D eigenvalue weighted by Crippen LogP contribution is 2.59. The van der Waals surface area contributed by atoms with Crippen LogP contribution in [0.3, 0.4) is 0 Å². The number of halogens is 3. The van der Waals surface area contributed by atoms with Crippen LogP contribution in [0.1, 0.15) is 78.3 Å². The van der Waals surface area contributed by atoms with E-state index in [0.29, 0.717) is 29.0 Å². The molecule has 1 saturated carbocycles. The van der Waals surface area contributed by atoms with Gasteiger partial charge < -0.3 is 4.74 Å². The molecule has 4 saturated heterocycles. The van der Waals surface area contributed by atoms with Crippen LogP contribution in [0.25, 0.3) is 0 Å². The van der Waals surface area contributed by atoms with E-state index in [2.05, 4.69) is 51.2 Å². The van der Waals surface area contributed by atoms with Gasteiger partial charge in [0.05, 0.1) is 18.2 Å². The molecule has 8 unspecified atom stereocenters. The monoisotopic (exact) mass is 585 g/mol. The molecule has 1 aromatic heterocycles. The molecule has 4 bridgehead atoms. The van der Waals surface area contributed by atoms with Crippen molar-refractivity contribution in [3.63, 3.8) is 0 Å². The van der Waals surface area contributed by atoms with Gasteiger partial charge in [0, 0.05) is 61.2 Å². The maximum absolute atomic E-state index is 13.3. The Bertz CT molecular complexity index is 1020. The maximum atomic E-state index is 13.3. The number of aromatic nitrogens is 2. The van der Waals surface area contributed by atoms with Crippen molar-refractivity contribution < 1.29 is 17.9 Å². The van der Waals surface area contributed by atoms with Crippen LogP contribution >= 0.6 is 11.9 Å². The predicted octanol–water partition coefficient (Wildman–Crippen LogP) is 4.53. The average molecular weight is 586 g/mol. The lowest BCUT2D eigenvalue weighted by Gasteiger charge is -2.47. The highest BCUT2D eigenvalue weighted by Gasteiger charge is 2.62. The van der Waals surface area contributed by atoms with E-state index in [-0.39, 0.29) is 43.7 Å². The molecular formula is C28H46F3N7OS. The molecule has 8 nitrogen and oxygen atoms in total. The zero-order chi connectivity index (χ0) is 28.1. The molecule has 40 heavy (non-hydrogen) atoms. The number of nitrogens with one attached hydrogen (secondary N) is 3. The average Bonchev–Trinajstić information content (AvgIpc) is 3.27. The Hall–Kier alpha value is -1.05. The third-order valence-electron chi connectivity index (χ3n) is 10.3. The van der Waals surface area contributed by atoms with Gasteiger partial charge >= 0.3 is 6.18 Å². The lowest BCUT2D eigenvalue weighted by molar-refractivity contribution is -0.190. The second kappa shape index (κ2) is 11.2. The van der Waals surface area contributed by atoms with E-state index in [0.717, 1.165) is 39.0 Å². The first kappa shape index (κ1) is 29.0. The number of hydrazine groups is 1. The van der Waals surface area contributed by atoms with Gasteiger partial charge in [-0.25, -0.2) is 5.01 Å². The van der Waals surface area contributed by atoms with Crippen LogP contribution in [0.5, 0.6) is 5.88 Å². The van der Waals surface area contributed by atoms with Gasteiger partial charge in [0.25, 0.3) is 0 Å². The van der Waals surface area contributed by atoms with Crippen molar-refractivity contribution in [2.24, 2.45) is 17.3 Å². The Morgan fingerprint density at radius 2 is 2.00 bits per heavy atom. The lowest BCUT2D eigenvalue weighted by atomic mass is 9.90. The minimum atomic E-state index is -4.15. The molecule has 4 aliphatic heterocycles. The van der Waals surface area contributed by atoms with E-state index in [1.165, 1.54) is 19.3 Å². The highest BCUT2D eigenvalue weighted by atomic mass is 32.2. The summed E-state index contributed by atoms with van der Waals surface area (Å²) in [6.07, 6.45) is 4.09. The summed E-state index contributed by atoms with van der Waals surface area (Å²) < 4.78 is 51.2. The number of hydrogen-bond acceptors (Lipinski definition) is 8. The number of fused-ring (bicyclic) bond motifs is 6. The molecule has 0 radical (unpaired) electrons. The van der Waals surface area contributed by atoms with Crippen LogP contribution in [0.15, 0.2) is 12.3 Å². The highest BCUT2D eigenvalue weighted by molar-refractivity contribution is 7.98. The molecule has 5 heterocycles. The zero-order valence-corrected chi connectivity index (χ0v) is 24.9. The molecule has 0 spiro atoms. The molecule has 0 amide bonds. The van der Waals surface area contributed by atoms with Crippen molar-refractivity contribution in [3.05, 3.63) is 12.3 Å². The number of piperidine rings is 1. The van der Waals surface area contributed by atoms with Crippen LogP contribution in [0.2, 0.25) is 0 Å². The normalized spacial score (nSPS) is 39.4. The van der Waals surface area contributed by atoms with E-state index in [1.807, 2.05) is 22.8 Å². The zero-order valence-electron chi connectivity index (χ0n) is 24.1. The molecule has 226 valence electrons. The summed E-state index contributed by atoms with van der Waals surface area (Å²) in [7, 11) is 0. The predicted molar refractivity (Wildman–Crippen MR) is 150 cm³/mol. The molecule has 8 atom stereocenters. The van der Waals surface area contributed by atoms with Crippen molar-refractivity contribution in [2.75, 3.05) is 32.8 Å². The Morgan fingerprint density at radius 1 is 1.18 bits per heavy atom. The van der Waals surface area contributed by atoms with Gasteiger partial charge in [-0.1, -0.05) is 11.9 Å². The summed E-state index contributed by atoms with van der Waals surface area (Å²) >= 11 is 1.88. The third-order valence-corrected chi connectivity index (χ3v) is 11.5. The molecule has 0 aromatic carbocycles. The first-order valence-electron chi connectivity index (χ1n) is 15.2. The van der Waals surface area contributed by atoms with Gasteiger partial charge in [-0.3, -0.25) is 25.0 Å². The quantitative estimate of drug-likeness (QED) is 0.436. The minimum Gasteiger partial charge on any atom is -0.477 e. The molecule has 6 rings (SSSR count). The van der Waals surface area contributed by atoms with Crippen molar-refractivity contribution >= 4 is 11.9 Å². The number of alkyl halides is 3. The fourth-order valence-electron chi connectivity index (χ4n) is 7.52. The van der Waals surface area contributed by atoms with Crippen molar-refractivity contribution in [1.82, 2.24) is 35.2 Å². The summed E-state index contributed by atoms with van der Waals surface area (Å²) in [6, 6.07) is 2.30. The summed E-state index contributed by atoms with van der Waals surface area (Å²) in [4.78, 5) is 2.70. The van der Waals surface area contributed by atoms with E-state index >= 15 is 0 Å². The number of ether oxygens (including phenoxy) is 1. The molecule has 5 aliphatic rings. The Balaban J connectivity index is 1.12. The molecule has 1 aliphatic carbocycles. The van der Waals surface area contributed by atoms with Gasteiger partial charge in [0.2, 0.25) is 5.88 Å². The van der Waals surface area contributed by atoms with Crippen LogP contribution in [-0.2, 0) is 0 Å².